The van der Waals surface area contributed by atoms with Gasteiger partial charge in [0.1, 0.15) is 17.7 Å². The Morgan fingerprint density at radius 3 is 2.46 bits per heavy atom. The minimum atomic E-state index is -0.970. The van der Waals surface area contributed by atoms with Gasteiger partial charge in [-0.15, -0.1) is 0 Å². The van der Waals surface area contributed by atoms with Gasteiger partial charge in [-0.3, -0.25) is 19.4 Å². The van der Waals surface area contributed by atoms with Crippen molar-refractivity contribution in [2.24, 2.45) is 11.0 Å². The molecule has 6 nitrogen and oxygen atoms in total. The molecule has 2 aliphatic rings. The molecule has 0 aliphatic carbocycles. The van der Waals surface area contributed by atoms with Gasteiger partial charge in [0.05, 0.1) is 11.4 Å². The zero-order chi connectivity index (χ0) is 20.2. The van der Waals surface area contributed by atoms with Crippen molar-refractivity contribution < 1.29 is 14.4 Å². The lowest BCUT2D eigenvalue weighted by molar-refractivity contribution is -0.122. The van der Waals surface area contributed by atoms with Crippen LogP contribution in [0.15, 0.2) is 47.6 Å². The Bertz CT molecular complexity index is 1070. The van der Waals surface area contributed by atoms with Crippen molar-refractivity contribution >= 4 is 57.9 Å². The van der Waals surface area contributed by atoms with E-state index in [1.165, 1.54) is 18.0 Å². The van der Waals surface area contributed by atoms with Crippen LogP contribution in [0.1, 0.15) is 12.5 Å². The summed E-state index contributed by atoms with van der Waals surface area (Å²) in [6, 6.07) is 10.7. The van der Waals surface area contributed by atoms with Gasteiger partial charge in [0.2, 0.25) is 5.91 Å². The monoisotopic (exact) mass is 415 g/mol. The quantitative estimate of drug-likeness (QED) is 0.717. The molecule has 0 bridgehead atoms. The molecule has 2 atom stereocenters. The summed E-state index contributed by atoms with van der Waals surface area (Å²) in [5, 5.41) is 6.68. The first-order chi connectivity index (χ1) is 13.3. The van der Waals surface area contributed by atoms with Crippen molar-refractivity contribution in [2.75, 3.05) is 9.91 Å². The standard InChI is InChI=1S/C20H15Cl2N3O3/c1-10-14(22)7-4-8-15(10)25-18-16(17(23-25)11(2)26)19(27)24(20(18)28)13-6-3-5-12(21)9-13/h3-9,16,18H,1-2H3. The summed E-state index contributed by atoms with van der Waals surface area (Å²) in [7, 11) is 0. The second-order valence-electron chi connectivity index (χ2n) is 6.68. The Balaban J connectivity index is 1.85. The third-order valence-corrected chi connectivity index (χ3v) is 5.61. The zero-order valence-electron chi connectivity index (χ0n) is 15.0. The van der Waals surface area contributed by atoms with Crippen LogP contribution in [-0.4, -0.2) is 29.4 Å². The van der Waals surface area contributed by atoms with Gasteiger partial charge in [0.25, 0.3) is 5.91 Å². The molecule has 1 saturated heterocycles. The van der Waals surface area contributed by atoms with Gasteiger partial charge in [-0.25, -0.2) is 4.90 Å². The highest BCUT2D eigenvalue weighted by atomic mass is 35.5. The second-order valence-corrected chi connectivity index (χ2v) is 7.53. The van der Waals surface area contributed by atoms with E-state index in [2.05, 4.69) is 5.10 Å². The Kier molecular flexibility index (Phi) is 4.48. The molecule has 2 aromatic carbocycles. The normalized spacial score (nSPS) is 21.2. The highest BCUT2D eigenvalue weighted by Gasteiger charge is 2.58. The molecule has 0 aromatic heterocycles. The van der Waals surface area contributed by atoms with Gasteiger partial charge < -0.3 is 0 Å². The number of benzene rings is 2. The van der Waals surface area contributed by atoms with Gasteiger partial charge in [-0.1, -0.05) is 35.3 Å². The lowest BCUT2D eigenvalue weighted by Gasteiger charge is -2.24. The molecule has 2 amide bonds. The number of rotatable bonds is 3. The van der Waals surface area contributed by atoms with Crippen molar-refractivity contribution in [2.45, 2.75) is 19.9 Å². The highest BCUT2D eigenvalue weighted by molar-refractivity contribution is 6.49. The number of ketones is 1. The van der Waals surface area contributed by atoms with E-state index < -0.39 is 23.8 Å². The lowest BCUT2D eigenvalue weighted by atomic mass is 9.95. The number of hydrazone groups is 1. The largest absolute Gasteiger partial charge is 0.293 e. The van der Waals surface area contributed by atoms with Gasteiger partial charge in [-0.2, -0.15) is 5.10 Å². The maximum Gasteiger partial charge on any atom is 0.259 e. The van der Waals surface area contributed by atoms with Crippen molar-refractivity contribution in [1.29, 1.82) is 0 Å². The molecule has 8 heteroatoms. The molecule has 0 spiro atoms. The van der Waals surface area contributed by atoms with Crippen molar-refractivity contribution in [1.82, 2.24) is 0 Å². The number of hydrogen-bond acceptors (Lipinski definition) is 5. The number of nitrogens with zero attached hydrogens (tertiary/aromatic N) is 3. The molecule has 28 heavy (non-hydrogen) atoms. The van der Waals surface area contributed by atoms with E-state index in [0.717, 1.165) is 4.90 Å². The number of Topliss-reactive ketones (excluding diaryl/α,β-unsaturated/α-hetero) is 1. The molecule has 2 heterocycles. The number of halogens is 2. The van der Waals surface area contributed by atoms with Gasteiger partial charge >= 0.3 is 0 Å². The number of carbonyl (C=O) groups excluding carboxylic acids is 3. The van der Waals surface area contributed by atoms with Gasteiger partial charge in [-0.05, 0) is 42.8 Å². The molecule has 2 aliphatic heterocycles. The maximum atomic E-state index is 13.3. The molecule has 0 radical (unpaired) electrons. The Morgan fingerprint density at radius 1 is 1.07 bits per heavy atom. The lowest BCUT2D eigenvalue weighted by Crippen LogP contribution is -2.39. The smallest absolute Gasteiger partial charge is 0.259 e. The molecule has 0 N–H and O–H groups in total. The van der Waals surface area contributed by atoms with Crippen LogP contribution in [0.4, 0.5) is 11.4 Å². The van der Waals surface area contributed by atoms with E-state index in [1.807, 2.05) is 0 Å². The fourth-order valence-electron chi connectivity index (χ4n) is 3.62. The first-order valence-corrected chi connectivity index (χ1v) is 9.34. The molecule has 0 saturated carbocycles. The average molecular weight is 416 g/mol. The minimum absolute atomic E-state index is 0.0623. The average Bonchev–Trinajstić information content (AvgIpc) is 3.15. The van der Waals surface area contributed by atoms with Crippen LogP contribution >= 0.6 is 23.2 Å². The van der Waals surface area contributed by atoms with Crippen LogP contribution in [0.5, 0.6) is 0 Å². The summed E-state index contributed by atoms with van der Waals surface area (Å²) >= 11 is 12.3. The predicted molar refractivity (Wildman–Crippen MR) is 108 cm³/mol. The van der Waals surface area contributed by atoms with E-state index in [-0.39, 0.29) is 11.5 Å². The van der Waals surface area contributed by atoms with Crippen LogP contribution in [0, 0.1) is 12.8 Å². The molecule has 4 rings (SSSR count). The molecular formula is C20H15Cl2N3O3. The van der Waals surface area contributed by atoms with Crippen LogP contribution in [-0.2, 0) is 14.4 Å². The van der Waals surface area contributed by atoms with E-state index in [4.69, 9.17) is 23.2 Å². The predicted octanol–water partition coefficient (Wildman–Crippen LogP) is 3.63. The SMILES string of the molecule is CC(=O)C1=NN(c2cccc(Cl)c2C)C2C(=O)N(c3cccc(Cl)c3)C(=O)C12. The molecule has 142 valence electrons. The first kappa shape index (κ1) is 18.7. The van der Waals surface area contributed by atoms with E-state index >= 15 is 0 Å². The Morgan fingerprint density at radius 2 is 1.79 bits per heavy atom. The molecular weight excluding hydrogens is 401 g/mol. The third-order valence-electron chi connectivity index (χ3n) is 4.96. The number of fused-ring (bicyclic) bond motifs is 1. The maximum absolute atomic E-state index is 13.3. The highest BCUT2D eigenvalue weighted by Crippen LogP contribution is 2.40. The van der Waals surface area contributed by atoms with Crippen LogP contribution in [0.2, 0.25) is 10.0 Å². The summed E-state index contributed by atoms with van der Waals surface area (Å²) in [5.74, 6) is -2.28. The Labute approximate surface area is 171 Å². The number of carbonyl (C=O) groups is 3. The molecule has 2 aromatic rings. The fraction of sp³-hybridized carbons (Fsp3) is 0.200. The number of hydrogen-bond donors (Lipinski definition) is 0. The van der Waals surface area contributed by atoms with E-state index in [0.29, 0.717) is 27.0 Å². The summed E-state index contributed by atoms with van der Waals surface area (Å²) in [6.45, 7) is 3.13. The second kappa shape index (κ2) is 6.72. The summed E-state index contributed by atoms with van der Waals surface area (Å²) < 4.78 is 0. The number of amides is 2. The van der Waals surface area contributed by atoms with Gasteiger partial charge in [0, 0.05) is 17.0 Å². The third kappa shape index (κ3) is 2.72. The minimum Gasteiger partial charge on any atom is -0.293 e. The topological polar surface area (TPSA) is 70.1 Å². The summed E-state index contributed by atoms with van der Waals surface area (Å²) in [4.78, 5) is 39.6. The summed E-state index contributed by atoms with van der Waals surface area (Å²) in [6.07, 6.45) is 0. The van der Waals surface area contributed by atoms with Crippen molar-refractivity contribution in [3.8, 4) is 0 Å². The molecule has 2 unspecified atom stereocenters. The van der Waals surface area contributed by atoms with Crippen molar-refractivity contribution in [3.63, 3.8) is 0 Å². The van der Waals surface area contributed by atoms with E-state index in [1.54, 1.807) is 43.3 Å². The summed E-state index contributed by atoms with van der Waals surface area (Å²) in [5.41, 5.74) is 1.71. The van der Waals surface area contributed by atoms with Crippen LogP contribution in [0.3, 0.4) is 0 Å². The zero-order valence-corrected chi connectivity index (χ0v) is 16.5. The van der Waals surface area contributed by atoms with Gasteiger partial charge in [0.15, 0.2) is 5.78 Å². The first-order valence-electron chi connectivity index (χ1n) is 8.58. The Hall–Kier alpha value is -2.70. The van der Waals surface area contributed by atoms with Crippen molar-refractivity contribution in [3.05, 3.63) is 58.1 Å². The fourth-order valence-corrected chi connectivity index (χ4v) is 3.97. The number of anilines is 2. The molecule has 1 fully saturated rings. The number of imide groups is 1. The van der Waals surface area contributed by atoms with Crippen LogP contribution < -0.4 is 9.91 Å². The van der Waals surface area contributed by atoms with E-state index in [9.17, 15) is 14.4 Å². The van der Waals surface area contributed by atoms with Crippen LogP contribution in [0.25, 0.3) is 0 Å².